The standard InChI is InChI=1S/C9H11F7OS.C2H4OS/c1-5(17)18-3-2-6(11)8(13,14)9(15,16)7(12)4-10;1-2(3)4/h6-7H,2-4H2,1H3;1H3,(H,3,4)/p+1. The van der Waals surface area contributed by atoms with Crippen LogP contribution in [0, 0.1) is 0 Å². The first-order chi connectivity index (χ1) is 9.80. The average Bonchev–Trinajstić information content (AvgIpc) is 2.35. The monoisotopic (exact) mass is 377 g/mol. The maximum atomic E-state index is 13.0. The quantitative estimate of drug-likeness (QED) is 0.414. The molecule has 0 radical (unpaired) electrons. The molecule has 0 saturated carbocycles. The first-order valence-corrected chi connectivity index (χ1v) is 7.18. The van der Waals surface area contributed by atoms with Crippen LogP contribution in [0.25, 0.3) is 0 Å². The van der Waals surface area contributed by atoms with Gasteiger partial charge in [0.2, 0.25) is 0 Å². The van der Waals surface area contributed by atoms with Crippen LogP contribution in [0.2, 0.25) is 0 Å². The first-order valence-electron chi connectivity index (χ1n) is 5.75. The summed E-state index contributed by atoms with van der Waals surface area (Å²) in [6.07, 6.45) is -8.11. The molecule has 11 heteroatoms. The van der Waals surface area contributed by atoms with E-state index in [1.54, 1.807) is 0 Å². The van der Waals surface area contributed by atoms with Crippen molar-refractivity contribution in [2.45, 2.75) is 44.5 Å². The second-order valence-corrected chi connectivity index (χ2v) is 5.93. The van der Waals surface area contributed by atoms with Gasteiger partial charge >= 0.3 is 17.0 Å². The van der Waals surface area contributed by atoms with E-state index in [0.29, 0.717) is 11.8 Å². The largest absolute Gasteiger partial charge is 0.347 e. The molecule has 0 aromatic carbocycles. The summed E-state index contributed by atoms with van der Waals surface area (Å²) in [6.45, 7) is 0.266. The molecule has 22 heavy (non-hydrogen) atoms. The molecule has 2 atom stereocenters. The predicted molar refractivity (Wildman–Crippen MR) is 75.0 cm³/mol. The third-order valence-corrected chi connectivity index (χ3v) is 2.91. The Labute approximate surface area is 132 Å². The number of thioether (sulfide) groups is 1. The summed E-state index contributed by atoms with van der Waals surface area (Å²) in [6, 6.07) is 0. The zero-order chi connectivity index (χ0) is 18.1. The second kappa shape index (κ2) is 10.3. The fourth-order valence-corrected chi connectivity index (χ4v) is 1.63. The molecule has 0 aromatic rings. The van der Waals surface area contributed by atoms with Gasteiger partial charge in [-0.3, -0.25) is 9.59 Å². The minimum absolute atomic E-state index is 0.139. The van der Waals surface area contributed by atoms with E-state index >= 15 is 0 Å². The van der Waals surface area contributed by atoms with Crippen LogP contribution in [0.5, 0.6) is 0 Å². The van der Waals surface area contributed by atoms with Gasteiger partial charge in [0.25, 0.3) is 0 Å². The Hall–Kier alpha value is -0.450. The van der Waals surface area contributed by atoms with E-state index in [4.69, 9.17) is 4.79 Å². The molecule has 0 aliphatic heterocycles. The second-order valence-electron chi connectivity index (χ2n) is 4.01. The Morgan fingerprint density at radius 3 is 1.82 bits per heavy atom. The van der Waals surface area contributed by atoms with E-state index in [-0.39, 0.29) is 16.0 Å². The number of halogens is 7. The van der Waals surface area contributed by atoms with Crippen molar-refractivity contribution in [2.24, 2.45) is 0 Å². The third-order valence-electron chi connectivity index (χ3n) is 2.05. The van der Waals surface area contributed by atoms with Gasteiger partial charge in [-0.2, -0.15) is 17.6 Å². The van der Waals surface area contributed by atoms with Crippen LogP contribution in [-0.2, 0) is 4.79 Å². The third kappa shape index (κ3) is 8.25. The van der Waals surface area contributed by atoms with Crippen molar-refractivity contribution in [1.82, 2.24) is 0 Å². The van der Waals surface area contributed by atoms with Gasteiger partial charge in [-0.1, -0.05) is 0 Å². The normalized spacial score (nSPS) is 14.6. The number of hydrogen-bond donors (Lipinski definition) is 1. The highest BCUT2D eigenvalue weighted by Crippen LogP contribution is 2.43. The van der Waals surface area contributed by atoms with Crippen LogP contribution < -0.4 is 0 Å². The molecule has 2 nitrogen and oxygen atoms in total. The molecular formula is C11H16F7O2S2+. The van der Waals surface area contributed by atoms with Crippen molar-refractivity contribution >= 4 is 34.6 Å². The lowest BCUT2D eigenvalue weighted by atomic mass is 10.0. The van der Waals surface area contributed by atoms with Crippen molar-refractivity contribution in [3.8, 4) is 0 Å². The van der Waals surface area contributed by atoms with Crippen molar-refractivity contribution in [2.75, 3.05) is 12.4 Å². The number of alkyl halides is 7. The lowest BCUT2D eigenvalue weighted by molar-refractivity contribution is -0.265. The highest BCUT2D eigenvalue weighted by molar-refractivity contribution is 8.13. The van der Waals surface area contributed by atoms with Crippen molar-refractivity contribution in [1.29, 1.82) is 0 Å². The molecule has 0 aromatic heterocycles. The summed E-state index contributed by atoms with van der Waals surface area (Å²) in [5.74, 6) is -11.1. The van der Waals surface area contributed by atoms with E-state index in [1.165, 1.54) is 13.8 Å². The molecular weight excluding hydrogens is 361 g/mol. The van der Waals surface area contributed by atoms with Gasteiger partial charge in [-0.15, -0.1) is 12.6 Å². The topological polar surface area (TPSA) is 38.5 Å². The molecule has 0 heterocycles. The molecule has 0 bridgehead atoms. The van der Waals surface area contributed by atoms with E-state index in [1.807, 2.05) is 0 Å². The molecule has 0 aliphatic carbocycles. The Kier molecular flexibility index (Phi) is 11.2. The molecule has 0 spiro atoms. The minimum atomic E-state index is -5.41. The summed E-state index contributed by atoms with van der Waals surface area (Å²) < 4.78 is 88.5. The van der Waals surface area contributed by atoms with Crippen LogP contribution in [0.4, 0.5) is 30.7 Å². The van der Waals surface area contributed by atoms with E-state index in [9.17, 15) is 35.5 Å². The van der Waals surface area contributed by atoms with E-state index in [2.05, 4.69) is 12.6 Å². The molecule has 0 saturated heterocycles. The highest BCUT2D eigenvalue weighted by atomic mass is 32.2. The fourth-order valence-electron chi connectivity index (χ4n) is 1.01. The van der Waals surface area contributed by atoms with Gasteiger partial charge in [0.1, 0.15) is 6.67 Å². The smallest absolute Gasteiger partial charge is 0.288 e. The lowest BCUT2D eigenvalue weighted by Crippen LogP contribution is -2.54. The van der Waals surface area contributed by atoms with Gasteiger partial charge in [0.05, 0.1) is 6.92 Å². The van der Waals surface area contributed by atoms with Crippen LogP contribution in [-0.4, -0.2) is 51.6 Å². The summed E-state index contributed by atoms with van der Waals surface area (Å²) in [4.78, 5) is 18.0. The van der Waals surface area contributed by atoms with Gasteiger partial charge in [-0.05, 0) is 18.2 Å². The molecule has 0 fully saturated rings. The van der Waals surface area contributed by atoms with Crippen molar-refractivity contribution < 1.29 is 40.3 Å². The zero-order valence-corrected chi connectivity index (χ0v) is 13.3. The lowest BCUT2D eigenvalue weighted by Gasteiger charge is -2.30. The van der Waals surface area contributed by atoms with E-state index in [0.717, 1.165) is 0 Å². The van der Waals surface area contributed by atoms with Crippen LogP contribution in [0.1, 0.15) is 20.3 Å². The van der Waals surface area contributed by atoms with Crippen molar-refractivity contribution in [3.63, 3.8) is 0 Å². The van der Waals surface area contributed by atoms with Crippen LogP contribution >= 0.6 is 24.4 Å². The molecule has 0 amide bonds. The first kappa shape index (κ1) is 23.8. The summed E-state index contributed by atoms with van der Waals surface area (Å²) >= 11 is 3.91. The molecule has 0 aliphatic rings. The Bertz CT molecular complexity index is 362. The van der Waals surface area contributed by atoms with E-state index < -0.39 is 37.3 Å². The Balaban J connectivity index is 0. The predicted octanol–water partition coefficient (Wildman–Crippen LogP) is 4.01. The number of rotatable bonds is 7. The van der Waals surface area contributed by atoms with Crippen LogP contribution in [0.15, 0.2) is 0 Å². The molecule has 132 valence electrons. The minimum Gasteiger partial charge on any atom is -0.288 e. The van der Waals surface area contributed by atoms with Crippen LogP contribution in [0.3, 0.4) is 0 Å². The zero-order valence-electron chi connectivity index (χ0n) is 11.6. The van der Waals surface area contributed by atoms with Gasteiger partial charge in [0.15, 0.2) is 17.5 Å². The summed E-state index contributed by atoms with van der Waals surface area (Å²) in [5.41, 5.74) is 0. The summed E-state index contributed by atoms with van der Waals surface area (Å²) in [5, 5.41) is -0.385. The number of carbonyl (C=O) groups is 1. The Morgan fingerprint density at radius 1 is 1.14 bits per heavy atom. The molecule has 2 unspecified atom stereocenters. The Morgan fingerprint density at radius 2 is 1.50 bits per heavy atom. The average molecular weight is 377 g/mol. The van der Waals surface area contributed by atoms with Crippen molar-refractivity contribution in [3.05, 3.63) is 0 Å². The van der Waals surface area contributed by atoms with Gasteiger partial charge < -0.3 is 0 Å². The van der Waals surface area contributed by atoms with Gasteiger partial charge in [0, 0.05) is 12.7 Å². The fraction of sp³-hybridized carbons (Fsp3) is 0.818. The molecule has 0 rings (SSSR count). The SMILES string of the molecule is CC(=O)S.CC(=[OH+])SCCC(F)C(F)(F)C(F)(F)C(F)CF. The highest BCUT2D eigenvalue weighted by Gasteiger charge is 2.66. The maximum absolute atomic E-state index is 13.0. The number of thiol groups is 1. The summed E-state index contributed by atoms with van der Waals surface area (Å²) in [7, 11) is 0. The maximum Gasteiger partial charge on any atom is 0.347 e. The number of carbonyl (C=O) groups excluding carboxylic acids is 2. The molecule has 1 N–H and O–H groups in total. The number of hydrogen-bond acceptors (Lipinski definition) is 2. The van der Waals surface area contributed by atoms with Gasteiger partial charge in [-0.25, -0.2) is 13.2 Å².